The molecule has 0 radical (unpaired) electrons. The number of rotatable bonds is 5. The van der Waals surface area contributed by atoms with Gasteiger partial charge in [0, 0.05) is 23.0 Å². The van der Waals surface area contributed by atoms with Crippen LogP contribution in [-0.2, 0) is 16.1 Å². The molecule has 1 fully saturated rings. The van der Waals surface area contributed by atoms with Crippen LogP contribution in [0.3, 0.4) is 0 Å². The molecule has 6 heteroatoms. The van der Waals surface area contributed by atoms with E-state index in [9.17, 15) is 4.79 Å². The van der Waals surface area contributed by atoms with Crippen LogP contribution in [0.2, 0.25) is 5.02 Å². The summed E-state index contributed by atoms with van der Waals surface area (Å²) in [5, 5.41) is 5.75. The van der Waals surface area contributed by atoms with Crippen LogP contribution in [0.15, 0.2) is 41.8 Å². The van der Waals surface area contributed by atoms with Gasteiger partial charge < -0.3 is 10.1 Å². The zero-order valence-corrected chi connectivity index (χ0v) is 15.1. The Morgan fingerprint density at radius 2 is 2.21 bits per heavy atom. The second-order valence-corrected chi connectivity index (χ2v) is 7.35. The van der Waals surface area contributed by atoms with E-state index in [2.05, 4.69) is 10.2 Å². The van der Waals surface area contributed by atoms with Crippen molar-refractivity contribution in [2.45, 2.75) is 25.6 Å². The molecule has 1 aliphatic heterocycles. The summed E-state index contributed by atoms with van der Waals surface area (Å²) in [6.45, 7) is 4.63. The first kappa shape index (κ1) is 17.4. The molecular weight excluding hydrogens is 344 g/mol. The van der Waals surface area contributed by atoms with Crippen molar-refractivity contribution in [3.63, 3.8) is 0 Å². The van der Waals surface area contributed by atoms with E-state index < -0.39 is 0 Å². The summed E-state index contributed by atoms with van der Waals surface area (Å²) in [7, 11) is 0. The Bertz CT molecular complexity index is 660. The molecule has 0 saturated carbocycles. The van der Waals surface area contributed by atoms with Gasteiger partial charge in [-0.15, -0.1) is 11.3 Å². The topological polar surface area (TPSA) is 41.6 Å². The van der Waals surface area contributed by atoms with Gasteiger partial charge in [0.25, 0.3) is 0 Å². The lowest BCUT2D eigenvalue weighted by Gasteiger charge is -2.36. The monoisotopic (exact) mass is 364 g/mol. The maximum Gasteiger partial charge on any atom is 0.237 e. The van der Waals surface area contributed by atoms with Crippen molar-refractivity contribution in [3.8, 4) is 0 Å². The van der Waals surface area contributed by atoms with Crippen molar-refractivity contribution in [2.24, 2.45) is 0 Å². The molecule has 0 unspecified atom stereocenters. The number of nitrogens with zero attached hydrogens (tertiary/aromatic N) is 1. The van der Waals surface area contributed by atoms with E-state index in [-0.39, 0.29) is 18.1 Å². The van der Waals surface area contributed by atoms with Crippen molar-refractivity contribution >= 4 is 28.8 Å². The van der Waals surface area contributed by atoms with Crippen molar-refractivity contribution in [1.29, 1.82) is 0 Å². The minimum atomic E-state index is -0.177. The summed E-state index contributed by atoms with van der Waals surface area (Å²) in [4.78, 5) is 15.8. The van der Waals surface area contributed by atoms with Gasteiger partial charge in [-0.1, -0.05) is 29.8 Å². The molecular formula is C18H21ClN2O2S. The molecule has 0 bridgehead atoms. The maximum absolute atomic E-state index is 12.4. The van der Waals surface area contributed by atoms with Crippen LogP contribution in [0.5, 0.6) is 0 Å². The maximum atomic E-state index is 12.4. The van der Waals surface area contributed by atoms with Gasteiger partial charge in [-0.05, 0) is 36.1 Å². The summed E-state index contributed by atoms with van der Waals surface area (Å²) in [6, 6.07) is 11.6. The predicted molar refractivity (Wildman–Crippen MR) is 97.3 cm³/mol. The molecule has 1 N–H and O–H groups in total. The lowest BCUT2D eigenvalue weighted by atomic mass is 10.1. The first-order chi connectivity index (χ1) is 11.6. The SMILES string of the molecule is C[C@H](C(=O)NCc1cccs1)N1CCO[C@@H](c2ccc(Cl)cc2)C1. The highest BCUT2D eigenvalue weighted by molar-refractivity contribution is 7.09. The van der Waals surface area contributed by atoms with Crippen molar-refractivity contribution in [2.75, 3.05) is 19.7 Å². The highest BCUT2D eigenvalue weighted by atomic mass is 35.5. The Morgan fingerprint density at radius 1 is 1.42 bits per heavy atom. The second kappa shape index (κ2) is 8.12. The molecule has 2 aromatic rings. The minimum absolute atomic E-state index is 0.0245. The van der Waals surface area contributed by atoms with Gasteiger partial charge in [-0.2, -0.15) is 0 Å². The average Bonchev–Trinajstić information content (AvgIpc) is 3.13. The molecule has 1 saturated heterocycles. The largest absolute Gasteiger partial charge is 0.371 e. The smallest absolute Gasteiger partial charge is 0.237 e. The number of nitrogens with one attached hydrogen (secondary N) is 1. The lowest BCUT2D eigenvalue weighted by Crippen LogP contribution is -2.50. The number of benzene rings is 1. The van der Waals surface area contributed by atoms with Crippen LogP contribution in [0.25, 0.3) is 0 Å². The molecule has 1 aromatic heterocycles. The quantitative estimate of drug-likeness (QED) is 0.883. The second-order valence-electron chi connectivity index (χ2n) is 5.88. The highest BCUT2D eigenvalue weighted by Crippen LogP contribution is 2.24. The third kappa shape index (κ3) is 4.36. The van der Waals surface area contributed by atoms with E-state index in [4.69, 9.17) is 16.3 Å². The summed E-state index contributed by atoms with van der Waals surface area (Å²) in [6.07, 6.45) is -0.0245. The van der Waals surface area contributed by atoms with Gasteiger partial charge in [0.05, 0.1) is 25.3 Å². The average molecular weight is 365 g/mol. The highest BCUT2D eigenvalue weighted by Gasteiger charge is 2.28. The van der Waals surface area contributed by atoms with E-state index in [0.717, 1.165) is 17.0 Å². The molecule has 128 valence electrons. The van der Waals surface area contributed by atoms with Crippen LogP contribution in [0.4, 0.5) is 0 Å². The van der Waals surface area contributed by atoms with E-state index in [1.54, 1.807) is 11.3 Å². The molecule has 2 heterocycles. The van der Waals surface area contributed by atoms with Gasteiger partial charge >= 0.3 is 0 Å². The van der Waals surface area contributed by atoms with Crippen LogP contribution in [0, 0.1) is 0 Å². The normalized spacial score (nSPS) is 19.8. The van der Waals surface area contributed by atoms with Gasteiger partial charge in [0.15, 0.2) is 0 Å². The van der Waals surface area contributed by atoms with E-state index >= 15 is 0 Å². The Kier molecular flexibility index (Phi) is 5.89. The number of carbonyl (C=O) groups is 1. The molecule has 1 aliphatic rings. The number of carbonyl (C=O) groups excluding carboxylic acids is 1. The number of thiophene rings is 1. The molecule has 3 rings (SSSR count). The molecule has 4 nitrogen and oxygen atoms in total. The van der Waals surface area contributed by atoms with Crippen molar-refractivity contribution in [1.82, 2.24) is 10.2 Å². The Hall–Kier alpha value is -1.40. The van der Waals surface area contributed by atoms with E-state index in [1.165, 1.54) is 0 Å². The zero-order valence-electron chi connectivity index (χ0n) is 13.6. The van der Waals surface area contributed by atoms with Crippen LogP contribution < -0.4 is 5.32 Å². The number of ether oxygens (including phenoxy) is 1. The third-order valence-corrected chi connectivity index (χ3v) is 5.41. The number of hydrogen-bond donors (Lipinski definition) is 1. The van der Waals surface area contributed by atoms with Crippen molar-refractivity contribution in [3.05, 3.63) is 57.2 Å². The van der Waals surface area contributed by atoms with Gasteiger partial charge in [-0.3, -0.25) is 9.69 Å². The molecule has 1 amide bonds. The number of amides is 1. The summed E-state index contributed by atoms with van der Waals surface area (Å²) < 4.78 is 5.87. The molecule has 0 aliphatic carbocycles. The van der Waals surface area contributed by atoms with Gasteiger partial charge in [0.2, 0.25) is 5.91 Å². The Morgan fingerprint density at radius 3 is 2.92 bits per heavy atom. The fourth-order valence-corrected chi connectivity index (χ4v) is 3.57. The predicted octanol–water partition coefficient (Wildman–Crippen LogP) is 3.48. The minimum Gasteiger partial charge on any atom is -0.371 e. The molecule has 0 spiro atoms. The fourth-order valence-electron chi connectivity index (χ4n) is 2.80. The summed E-state index contributed by atoms with van der Waals surface area (Å²) >= 11 is 7.60. The van der Waals surface area contributed by atoms with Crippen LogP contribution in [-0.4, -0.2) is 36.5 Å². The van der Waals surface area contributed by atoms with Crippen LogP contribution >= 0.6 is 22.9 Å². The van der Waals surface area contributed by atoms with Crippen molar-refractivity contribution < 1.29 is 9.53 Å². The van der Waals surface area contributed by atoms with Gasteiger partial charge in [0.1, 0.15) is 0 Å². The Balaban J connectivity index is 1.56. The van der Waals surface area contributed by atoms with Gasteiger partial charge in [-0.25, -0.2) is 0 Å². The first-order valence-electron chi connectivity index (χ1n) is 8.04. The Labute approximate surface area is 151 Å². The van der Waals surface area contributed by atoms with E-state index in [0.29, 0.717) is 24.7 Å². The number of hydrogen-bond acceptors (Lipinski definition) is 4. The summed E-state index contributed by atoms with van der Waals surface area (Å²) in [5.41, 5.74) is 1.09. The summed E-state index contributed by atoms with van der Waals surface area (Å²) in [5.74, 6) is 0.0557. The zero-order chi connectivity index (χ0) is 16.9. The number of halogens is 1. The third-order valence-electron chi connectivity index (χ3n) is 4.28. The molecule has 2 atom stereocenters. The van der Waals surface area contributed by atoms with E-state index in [1.807, 2.05) is 48.7 Å². The fraction of sp³-hybridized carbons (Fsp3) is 0.389. The standard InChI is InChI=1S/C18H21ClN2O2S/c1-13(18(22)20-11-16-3-2-10-24-16)21-8-9-23-17(12-21)14-4-6-15(19)7-5-14/h2-7,10,13,17H,8-9,11-12H2,1H3,(H,20,22)/t13-,17-/m1/s1. The first-order valence-corrected chi connectivity index (χ1v) is 9.30. The molecule has 24 heavy (non-hydrogen) atoms. The lowest BCUT2D eigenvalue weighted by molar-refractivity contribution is -0.129. The van der Waals surface area contributed by atoms with Crippen LogP contribution in [0.1, 0.15) is 23.5 Å². The number of morpholine rings is 1. The molecule has 1 aromatic carbocycles.